The Hall–Kier alpha value is -0.0800. The first-order valence-corrected chi connectivity index (χ1v) is 5.69. The van der Waals surface area contributed by atoms with E-state index >= 15 is 0 Å². The van der Waals surface area contributed by atoms with E-state index in [2.05, 4.69) is 20.8 Å². The normalized spacial score (nSPS) is 43.3. The Morgan fingerprint density at radius 1 is 1.29 bits per heavy atom. The molecule has 0 aromatic rings. The molecule has 0 amide bonds. The minimum absolute atomic E-state index is 0.0313. The molecule has 0 radical (unpaired) electrons. The first-order chi connectivity index (χ1) is 6.40. The van der Waals surface area contributed by atoms with Crippen molar-refractivity contribution in [3.8, 4) is 0 Å². The lowest BCUT2D eigenvalue weighted by molar-refractivity contribution is 0.0126. The average molecular weight is 200 g/mol. The van der Waals surface area contributed by atoms with E-state index < -0.39 is 0 Å². The molecule has 2 aliphatic carbocycles. The monoisotopic (exact) mass is 200 g/mol. The molecule has 2 saturated carbocycles. The van der Waals surface area contributed by atoms with Crippen molar-refractivity contribution in [2.24, 2.45) is 16.7 Å². The van der Waals surface area contributed by atoms with Gasteiger partial charge in [-0.25, -0.2) is 0 Å². The SMILES string of the molecule is CC1(C)C2CCC1(C)C(O)C2.CCO. The molecule has 2 rings (SSSR count). The number of fused-ring (bicyclic) bond motifs is 2. The Labute approximate surface area is 87.3 Å². The molecule has 2 aliphatic rings. The summed E-state index contributed by atoms with van der Waals surface area (Å²) in [5.74, 6) is 0.780. The van der Waals surface area contributed by atoms with Crippen LogP contribution in [0.3, 0.4) is 0 Å². The smallest absolute Gasteiger partial charge is 0.0601 e. The summed E-state index contributed by atoms with van der Waals surface area (Å²) in [5, 5.41) is 17.4. The van der Waals surface area contributed by atoms with Crippen LogP contribution >= 0.6 is 0 Å². The van der Waals surface area contributed by atoms with Gasteiger partial charge in [-0.1, -0.05) is 20.8 Å². The summed E-state index contributed by atoms with van der Waals surface area (Å²) in [7, 11) is 0. The van der Waals surface area contributed by atoms with E-state index in [4.69, 9.17) is 5.11 Å². The van der Waals surface area contributed by atoms with E-state index in [-0.39, 0.29) is 18.1 Å². The molecule has 2 N–H and O–H groups in total. The summed E-state index contributed by atoms with van der Waals surface area (Å²) < 4.78 is 0. The highest BCUT2D eigenvalue weighted by molar-refractivity contribution is 5.10. The number of hydrogen-bond donors (Lipinski definition) is 2. The van der Waals surface area contributed by atoms with Crippen molar-refractivity contribution in [1.82, 2.24) is 0 Å². The van der Waals surface area contributed by atoms with Gasteiger partial charge in [0.2, 0.25) is 0 Å². The van der Waals surface area contributed by atoms with E-state index in [9.17, 15) is 5.11 Å². The summed E-state index contributed by atoms with van der Waals surface area (Å²) in [6, 6.07) is 0. The van der Waals surface area contributed by atoms with Crippen molar-refractivity contribution in [2.75, 3.05) is 6.61 Å². The molecule has 2 heteroatoms. The van der Waals surface area contributed by atoms with E-state index in [0.29, 0.717) is 5.41 Å². The van der Waals surface area contributed by atoms with Crippen LogP contribution < -0.4 is 0 Å². The van der Waals surface area contributed by atoms with Gasteiger partial charge >= 0.3 is 0 Å². The predicted molar refractivity (Wildman–Crippen MR) is 58.0 cm³/mol. The molecule has 0 heterocycles. The molecule has 3 unspecified atom stereocenters. The molecule has 0 saturated heterocycles. The second-order valence-electron chi connectivity index (χ2n) is 5.44. The molecule has 0 aromatic heterocycles. The van der Waals surface area contributed by atoms with E-state index in [0.717, 1.165) is 12.3 Å². The maximum atomic E-state index is 9.81. The fourth-order valence-corrected chi connectivity index (χ4v) is 3.16. The van der Waals surface area contributed by atoms with Gasteiger partial charge < -0.3 is 10.2 Å². The molecule has 0 aromatic carbocycles. The highest BCUT2D eigenvalue weighted by atomic mass is 16.3. The lowest BCUT2D eigenvalue weighted by atomic mass is 9.70. The Morgan fingerprint density at radius 2 is 1.79 bits per heavy atom. The molecule has 2 bridgehead atoms. The van der Waals surface area contributed by atoms with Gasteiger partial charge in [0.05, 0.1) is 6.10 Å². The van der Waals surface area contributed by atoms with Crippen molar-refractivity contribution in [2.45, 2.75) is 53.1 Å². The third-order valence-corrected chi connectivity index (χ3v) is 4.75. The molecule has 0 aliphatic heterocycles. The van der Waals surface area contributed by atoms with Crippen LogP contribution in [0.4, 0.5) is 0 Å². The summed E-state index contributed by atoms with van der Waals surface area (Å²) in [4.78, 5) is 0. The second kappa shape index (κ2) is 3.82. The third-order valence-electron chi connectivity index (χ3n) is 4.75. The van der Waals surface area contributed by atoms with Crippen molar-refractivity contribution >= 4 is 0 Å². The van der Waals surface area contributed by atoms with Gasteiger partial charge in [0.25, 0.3) is 0 Å². The lowest BCUT2D eigenvalue weighted by Gasteiger charge is -2.36. The van der Waals surface area contributed by atoms with Gasteiger partial charge in [-0.3, -0.25) is 0 Å². The van der Waals surface area contributed by atoms with Crippen LogP contribution in [0.1, 0.15) is 47.0 Å². The molecular formula is C12H24O2. The van der Waals surface area contributed by atoms with Crippen LogP contribution in [-0.2, 0) is 0 Å². The summed E-state index contributed by atoms with van der Waals surface area (Å²) in [6.07, 6.45) is 3.58. The van der Waals surface area contributed by atoms with Gasteiger partial charge in [-0.2, -0.15) is 0 Å². The van der Waals surface area contributed by atoms with Crippen molar-refractivity contribution in [3.05, 3.63) is 0 Å². The van der Waals surface area contributed by atoms with Crippen molar-refractivity contribution < 1.29 is 10.2 Å². The first kappa shape index (κ1) is 12.0. The molecular weight excluding hydrogens is 176 g/mol. The number of hydrogen-bond acceptors (Lipinski definition) is 2. The van der Waals surface area contributed by atoms with Crippen LogP contribution in [0.25, 0.3) is 0 Å². The number of aliphatic hydroxyl groups excluding tert-OH is 2. The zero-order valence-corrected chi connectivity index (χ0v) is 9.88. The van der Waals surface area contributed by atoms with Gasteiger partial charge in [-0.05, 0) is 42.9 Å². The van der Waals surface area contributed by atoms with Gasteiger partial charge in [0, 0.05) is 6.61 Å². The Kier molecular flexibility index (Phi) is 3.27. The third kappa shape index (κ3) is 1.49. The van der Waals surface area contributed by atoms with Crippen LogP contribution in [0, 0.1) is 16.7 Å². The largest absolute Gasteiger partial charge is 0.397 e. The number of rotatable bonds is 0. The molecule has 0 spiro atoms. The summed E-state index contributed by atoms with van der Waals surface area (Å²) in [6.45, 7) is 8.83. The Balaban J connectivity index is 0.000000293. The molecule has 2 nitrogen and oxygen atoms in total. The average Bonchev–Trinajstić information content (AvgIpc) is 2.38. The first-order valence-electron chi connectivity index (χ1n) is 5.69. The fourth-order valence-electron chi connectivity index (χ4n) is 3.16. The van der Waals surface area contributed by atoms with Crippen LogP contribution in [-0.4, -0.2) is 22.9 Å². The predicted octanol–water partition coefficient (Wildman–Crippen LogP) is 2.19. The van der Waals surface area contributed by atoms with Gasteiger partial charge in [-0.15, -0.1) is 0 Å². The molecule has 3 atom stereocenters. The summed E-state index contributed by atoms with van der Waals surface area (Å²) >= 11 is 0. The number of aliphatic hydroxyl groups is 2. The summed E-state index contributed by atoms with van der Waals surface area (Å²) in [5.41, 5.74) is 0.601. The zero-order chi connectivity index (χ0) is 11.0. The highest BCUT2D eigenvalue weighted by Gasteiger charge is 2.60. The van der Waals surface area contributed by atoms with E-state index in [1.54, 1.807) is 6.92 Å². The highest BCUT2D eigenvalue weighted by Crippen LogP contribution is 2.65. The topological polar surface area (TPSA) is 40.5 Å². The van der Waals surface area contributed by atoms with Crippen LogP contribution in [0.5, 0.6) is 0 Å². The maximum absolute atomic E-state index is 9.81. The molecule has 14 heavy (non-hydrogen) atoms. The minimum atomic E-state index is -0.0313. The fraction of sp³-hybridized carbons (Fsp3) is 1.00. The Morgan fingerprint density at radius 3 is 1.93 bits per heavy atom. The van der Waals surface area contributed by atoms with E-state index in [1.807, 2.05) is 0 Å². The van der Waals surface area contributed by atoms with Crippen molar-refractivity contribution in [1.29, 1.82) is 0 Å². The second-order valence-corrected chi connectivity index (χ2v) is 5.44. The van der Waals surface area contributed by atoms with Crippen LogP contribution in [0.2, 0.25) is 0 Å². The standard InChI is InChI=1S/C10H18O.C2H6O/c1-9(2)7-4-5-10(9,3)8(11)6-7;1-2-3/h7-8,11H,4-6H2,1-3H3;3H,2H2,1H3. The molecule has 2 fully saturated rings. The van der Waals surface area contributed by atoms with E-state index in [1.165, 1.54) is 12.8 Å². The molecule has 84 valence electrons. The lowest BCUT2D eigenvalue weighted by Crippen LogP contribution is -2.35. The quantitative estimate of drug-likeness (QED) is 0.629. The zero-order valence-electron chi connectivity index (χ0n) is 9.88. The van der Waals surface area contributed by atoms with Crippen molar-refractivity contribution in [3.63, 3.8) is 0 Å². The maximum Gasteiger partial charge on any atom is 0.0601 e. The van der Waals surface area contributed by atoms with Gasteiger partial charge in [0.15, 0.2) is 0 Å². The van der Waals surface area contributed by atoms with Gasteiger partial charge in [0.1, 0.15) is 0 Å². The van der Waals surface area contributed by atoms with Crippen LogP contribution in [0.15, 0.2) is 0 Å². The Bertz CT molecular complexity index is 200. The minimum Gasteiger partial charge on any atom is -0.397 e.